The summed E-state index contributed by atoms with van der Waals surface area (Å²) in [7, 11) is 0. The van der Waals surface area contributed by atoms with E-state index in [0.717, 1.165) is 11.3 Å². The highest BCUT2D eigenvalue weighted by Gasteiger charge is 2.18. The van der Waals surface area contributed by atoms with Crippen molar-refractivity contribution in [2.24, 2.45) is 0 Å². The van der Waals surface area contributed by atoms with Crippen molar-refractivity contribution in [2.75, 3.05) is 5.32 Å². The number of benzene rings is 2. The van der Waals surface area contributed by atoms with Crippen molar-refractivity contribution in [2.45, 2.75) is 33.9 Å². The van der Waals surface area contributed by atoms with Gasteiger partial charge in [0.2, 0.25) is 0 Å². The monoisotopic (exact) mass is 477 g/mol. The van der Waals surface area contributed by atoms with Gasteiger partial charge in [-0.1, -0.05) is 29.8 Å². The van der Waals surface area contributed by atoms with Crippen LogP contribution in [0.3, 0.4) is 0 Å². The number of halogens is 1. The third-order valence-electron chi connectivity index (χ3n) is 5.43. The largest absolute Gasteiger partial charge is 0.486 e. The highest BCUT2D eigenvalue weighted by Crippen LogP contribution is 2.24. The Morgan fingerprint density at radius 2 is 1.79 bits per heavy atom. The molecule has 0 aliphatic carbocycles. The SMILES string of the molecule is CC(=O)c1ccc(OCc2ccc(C(=O)Nc3c(C)nn(Cc4ccccc4Cl)c3C)o2)cc1. The van der Waals surface area contributed by atoms with E-state index in [0.29, 0.717) is 40.0 Å². The second kappa shape index (κ2) is 9.97. The zero-order valence-electron chi connectivity index (χ0n) is 19.1. The van der Waals surface area contributed by atoms with Crippen molar-refractivity contribution in [3.63, 3.8) is 0 Å². The molecule has 34 heavy (non-hydrogen) atoms. The molecule has 2 heterocycles. The predicted molar refractivity (Wildman–Crippen MR) is 130 cm³/mol. The van der Waals surface area contributed by atoms with E-state index in [-0.39, 0.29) is 24.1 Å². The van der Waals surface area contributed by atoms with Gasteiger partial charge in [-0.2, -0.15) is 5.10 Å². The topological polar surface area (TPSA) is 86.4 Å². The molecule has 0 radical (unpaired) electrons. The first kappa shape index (κ1) is 23.3. The lowest BCUT2D eigenvalue weighted by Crippen LogP contribution is -2.12. The first-order chi connectivity index (χ1) is 16.3. The number of furan rings is 1. The van der Waals surface area contributed by atoms with Crippen LogP contribution in [-0.4, -0.2) is 21.5 Å². The average molecular weight is 478 g/mol. The van der Waals surface area contributed by atoms with Crippen LogP contribution in [0.5, 0.6) is 5.75 Å². The Bertz CT molecular complexity index is 1340. The van der Waals surface area contributed by atoms with Crippen molar-refractivity contribution < 1.29 is 18.7 Å². The van der Waals surface area contributed by atoms with Gasteiger partial charge in [-0.15, -0.1) is 0 Å². The van der Waals surface area contributed by atoms with Gasteiger partial charge in [0.25, 0.3) is 5.91 Å². The summed E-state index contributed by atoms with van der Waals surface area (Å²) in [6, 6.07) is 17.7. The fourth-order valence-corrected chi connectivity index (χ4v) is 3.71. The summed E-state index contributed by atoms with van der Waals surface area (Å²) in [5.41, 5.74) is 3.71. The van der Waals surface area contributed by atoms with E-state index in [9.17, 15) is 9.59 Å². The molecular formula is C26H24ClN3O4. The summed E-state index contributed by atoms with van der Waals surface area (Å²) in [6.45, 7) is 5.90. The normalized spacial score (nSPS) is 10.8. The lowest BCUT2D eigenvalue weighted by molar-refractivity contribution is 0.0990. The molecule has 1 N–H and O–H groups in total. The summed E-state index contributed by atoms with van der Waals surface area (Å²) in [6.07, 6.45) is 0. The number of Topliss-reactive ketones (excluding diaryl/α,β-unsaturated/α-hetero) is 1. The smallest absolute Gasteiger partial charge is 0.291 e. The number of ketones is 1. The third kappa shape index (κ3) is 5.21. The molecule has 8 heteroatoms. The number of hydrogen-bond donors (Lipinski definition) is 1. The van der Waals surface area contributed by atoms with Crippen LogP contribution in [0.2, 0.25) is 5.02 Å². The van der Waals surface area contributed by atoms with Gasteiger partial charge in [0, 0.05) is 10.6 Å². The molecule has 0 atom stereocenters. The number of hydrogen-bond acceptors (Lipinski definition) is 5. The third-order valence-corrected chi connectivity index (χ3v) is 5.79. The minimum absolute atomic E-state index is 0.00637. The van der Waals surface area contributed by atoms with Crippen LogP contribution in [0, 0.1) is 13.8 Å². The van der Waals surface area contributed by atoms with E-state index in [1.54, 1.807) is 36.4 Å². The summed E-state index contributed by atoms with van der Waals surface area (Å²) in [5.74, 6) is 0.894. The number of aryl methyl sites for hydroxylation is 1. The molecule has 0 spiro atoms. The summed E-state index contributed by atoms with van der Waals surface area (Å²) in [4.78, 5) is 24.2. The number of carbonyl (C=O) groups excluding carboxylic acids is 2. The van der Waals surface area contributed by atoms with Crippen molar-refractivity contribution in [1.82, 2.24) is 9.78 Å². The van der Waals surface area contributed by atoms with Gasteiger partial charge >= 0.3 is 0 Å². The lowest BCUT2D eigenvalue weighted by Gasteiger charge is -2.08. The van der Waals surface area contributed by atoms with Crippen LogP contribution < -0.4 is 10.1 Å². The molecule has 0 saturated carbocycles. The van der Waals surface area contributed by atoms with E-state index in [4.69, 9.17) is 20.8 Å². The molecule has 0 fully saturated rings. The van der Waals surface area contributed by atoms with Crippen molar-refractivity contribution in [3.05, 3.63) is 99.7 Å². The van der Waals surface area contributed by atoms with E-state index >= 15 is 0 Å². The molecule has 0 saturated heterocycles. The second-order valence-electron chi connectivity index (χ2n) is 7.88. The number of carbonyl (C=O) groups is 2. The summed E-state index contributed by atoms with van der Waals surface area (Å²) >= 11 is 6.28. The molecule has 174 valence electrons. The number of rotatable bonds is 8. The van der Waals surface area contributed by atoms with Crippen molar-refractivity contribution >= 4 is 29.0 Å². The fraction of sp³-hybridized carbons (Fsp3) is 0.192. The maximum absolute atomic E-state index is 12.8. The summed E-state index contributed by atoms with van der Waals surface area (Å²) in [5, 5.41) is 8.12. The van der Waals surface area contributed by atoms with E-state index < -0.39 is 0 Å². The molecular weight excluding hydrogens is 454 g/mol. The molecule has 4 rings (SSSR count). The minimum Gasteiger partial charge on any atom is -0.486 e. The van der Waals surface area contributed by atoms with Crippen molar-refractivity contribution in [3.8, 4) is 5.75 Å². The zero-order valence-corrected chi connectivity index (χ0v) is 19.8. The molecule has 7 nitrogen and oxygen atoms in total. The van der Waals surface area contributed by atoms with Gasteiger partial charge < -0.3 is 14.5 Å². The first-order valence-corrected chi connectivity index (χ1v) is 11.1. The number of amides is 1. The van der Waals surface area contributed by atoms with Gasteiger partial charge in [-0.25, -0.2) is 0 Å². The standard InChI is InChI=1S/C26H24ClN3O4/c1-16-25(17(2)30(29-16)14-20-6-4-5-7-23(20)27)28-26(32)24-13-12-22(34-24)15-33-21-10-8-19(9-11-21)18(3)31/h4-13H,14-15H2,1-3H3,(H,28,32). The predicted octanol–water partition coefficient (Wildman–Crippen LogP) is 5.83. The van der Waals surface area contributed by atoms with Gasteiger partial charge in [0.05, 0.1) is 23.6 Å². The molecule has 0 aliphatic rings. The minimum atomic E-state index is -0.374. The quantitative estimate of drug-likeness (QED) is 0.323. The molecule has 0 aliphatic heterocycles. The molecule has 2 aromatic heterocycles. The Morgan fingerprint density at radius 1 is 1.06 bits per heavy atom. The first-order valence-electron chi connectivity index (χ1n) is 10.7. The van der Waals surface area contributed by atoms with Gasteiger partial charge in [-0.05, 0) is 68.8 Å². The van der Waals surface area contributed by atoms with Crippen LogP contribution in [0.25, 0.3) is 0 Å². The van der Waals surface area contributed by atoms with Gasteiger partial charge in [-0.3, -0.25) is 14.3 Å². The fourth-order valence-electron chi connectivity index (χ4n) is 3.51. The molecule has 0 unspecified atom stereocenters. The number of anilines is 1. The van der Waals surface area contributed by atoms with Crippen LogP contribution in [-0.2, 0) is 13.2 Å². The molecule has 4 aromatic rings. The van der Waals surface area contributed by atoms with Crippen LogP contribution in [0.1, 0.15) is 50.5 Å². The number of aromatic nitrogens is 2. The number of ether oxygens (including phenoxy) is 1. The van der Waals surface area contributed by atoms with Gasteiger partial charge in [0.1, 0.15) is 18.1 Å². The molecule has 2 aromatic carbocycles. The Kier molecular flexibility index (Phi) is 6.84. The highest BCUT2D eigenvalue weighted by molar-refractivity contribution is 6.31. The van der Waals surface area contributed by atoms with E-state index in [2.05, 4.69) is 10.4 Å². The van der Waals surface area contributed by atoms with Crippen LogP contribution in [0.4, 0.5) is 5.69 Å². The van der Waals surface area contributed by atoms with Gasteiger partial charge in [0.15, 0.2) is 11.5 Å². The average Bonchev–Trinajstić information content (AvgIpc) is 3.40. The Labute approximate surface area is 202 Å². The molecule has 0 bridgehead atoms. The van der Waals surface area contributed by atoms with E-state index in [1.165, 1.54) is 6.92 Å². The van der Waals surface area contributed by atoms with E-state index in [1.807, 2.05) is 42.8 Å². The summed E-state index contributed by atoms with van der Waals surface area (Å²) < 4.78 is 13.2. The number of nitrogens with one attached hydrogen (secondary N) is 1. The van der Waals surface area contributed by atoms with Crippen LogP contribution in [0.15, 0.2) is 65.1 Å². The maximum Gasteiger partial charge on any atom is 0.291 e. The Hall–Kier alpha value is -3.84. The number of nitrogens with zero attached hydrogens (tertiary/aromatic N) is 2. The second-order valence-corrected chi connectivity index (χ2v) is 8.29. The Morgan fingerprint density at radius 3 is 2.50 bits per heavy atom. The highest BCUT2D eigenvalue weighted by atomic mass is 35.5. The lowest BCUT2D eigenvalue weighted by atomic mass is 10.1. The zero-order chi connectivity index (χ0) is 24.2. The van der Waals surface area contributed by atoms with Crippen LogP contribution >= 0.6 is 11.6 Å². The maximum atomic E-state index is 12.8. The Balaban J connectivity index is 1.40. The molecule has 1 amide bonds. The van der Waals surface area contributed by atoms with Crippen molar-refractivity contribution in [1.29, 1.82) is 0 Å².